The summed E-state index contributed by atoms with van der Waals surface area (Å²) in [4.78, 5) is 15.0. The van der Waals surface area contributed by atoms with Crippen LogP contribution in [0.25, 0.3) is 6.08 Å². The molecule has 1 N–H and O–H groups in total. The lowest BCUT2D eigenvalue weighted by Crippen LogP contribution is -2.28. The van der Waals surface area contributed by atoms with E-state index in [9.17, 15) is 18.0 Å². The van der Waals surface area contributed by atoms with Gasteiger partial charge in [-0.25, -0.2) is 9.78 Å². The van der Waals surface area contributed by atoms with Crippen LogP contribution in [0.1, 0.15) is 24.0 Å². The molecule has 0 bridgehead atoms. The summed E-state index contributed by atoms with van der Waals surface area (Å²) in [6, 6.07) is 9.59. The number of nitrogens with one attached hydrogen (secondary N) is 1. The average Bonchev–Trinajstić information content (AvgIpc) is 2.69. The third-order valence-corrected chi connectivity index (χ3v) is 4.07. The summed E-state index contributed by atoms with van der Waals surface area (Å²) in [6.45, 7) is 1.82. The molecule has 1 aliphatic heterocycles. The molecule has 150 valence electrons. The smallest absolute Gasteiger partial charge is 0.436 e. The van der Waals surface area contributed by atoms with Crippen molar-refractivity contribution in [2.24, 2.45) is 0 Å². The lowest BCUT2D eigenvalue weighted by Gasteiger charge is -2.15. The molecule has 6 nitrogen and oxygen atoms in total. The number of carbonyl (C=O) groups is 1. The molecular formula is C20H16F3N3O3. The molecule has 0 atom stereocenters. The molecule has 0 radical (unpaired) electrons. The molecule has 0 aliphatic carbocycles. The van der Waals surface area contributed by atoms with Crippen LogP contribution in [0.3, 0.4) is 0 Å². The van der Waals surface area contributed by atoms with Crippen molar-refractivity contribution < 1.29 is 27.4 Å². The second-order valence-electron chi connectivity index (χ2n) is 6.25. The van der Waals surface area contributed by atoms with Crippen LogP contribution in [-0.2, 0) is 4.79 Å². The summed E-state index contributed by atoms with van der Waals surface area (Å²) in [5.74, 6) is -3.07. The number of aromatic nitrogens is 1. The number of esters is 1. The molecule has 2 aromatic rings. The van der Waals surface area contributed by atoms with E-state index in [4.69, 9.17) is 10.00 Å². The maximum atomic E-state index is 12.5. The monoisotopic (exact) mass is 403 g/mol. The molecule has 0 spiro atoms. The zero-order chi connectivity index (χ0) is 20.9. The molecule has 1 aromatic carbocycles. The zero-order valence-electron chi connectivity index (χ0n) is 15.1. The van der Waals surface area contributed by atoms with E-state index in [0.29, 0.717) is 5.75 Å². The van der Waals surface area contributed by atoms with Gasteiger partial charge in [-0.2, -0.15) is 18.4 Å². The second-order valence-corrected chi connectivity index (χ2v) is 6.25. The van der Waals surface area contributed by atoms with E-state index in [-0.39, 0.29) is 11.4 Å². The predicted molar refractivity (Wildman–Crippen MR) is 97.2 cm³/mol. The van der Waals surface area contributed by atoms with Gasteiger partial charge >= 0.3 is 12.1 Å². The molecule has 1 aromatic heterocycles. The molecule has 0 amide bonds. The minimum absolute atomic E-state index is 0.0771. The van der Waals surface area contributed by atoms with E-state index in [1.54, 1.807) is 24.3 Å². The van der Waals surface area contributed by atoms with Crippen molar-refractivity contribution in [1.29, 1.82) is 5.26 Å². The first-order valence-electron chi connectivity index (χ1n) is 8.72. The maximum absolute atomic E-state index is 12.5. The Hall–Kier alpha value is -3.38. The van der Waals surface area contributed by atoms with Crippen LogP contribution in [0, 0.1) is 11.3 Å². The van der Waals surface area contributed by atoms with Crippen LogP contribution in [-0.4, -0.2) is 30.2 Å². The van der Waals surface area contributed by atoms with Crippen molar-refractivity contribution in [3.8, 4) is 23.4 Å². The van der Waals surface area contributed by atoms with Crippen molar-refractivity contribution in [3.05, 3.63) is 53.2 Å². The molecule has 29 heavy (non-hydrogen) atoms. The Balaban J connectivity index is 1.85. The van der Waals surface area contributed by atoms with Gasteiger partial charge in [0.15, 0.2) is 5.75 Å². The number of rotatable bonds is 4. The number of benzene rings is 1. The topological polar surface area (TPSA) is 84.2 Å². The van der Waals surface area contributed by atoms with Gasteiger partial charge in [0, 0.05) is 12.3 Å². The minimum atomic E-state index is -5.19. The Bertz CT molecular complexity index is 973. The average molecular weight is 403 g/mol. The fourth-order valence-electron chi connectivity index (χ4n) is 2.71. The van der Waals surface area contributed by atoms with Gasteiger partial charge in [0.05, 0.1) is 5.56 Å². The Morgan fingerprint density at radius 3 is 2.69 bits per heavy atom. The summed E-state index contributed by atoms with van der Waals surface area (Å²) in [7, 11) is 0. The summed E-state index contributed by atoms with van der Waals surface area (Å²) in [6.07, 6.45) is -0.188. The Labute approximate surface area is 164 Å². The van der Waals surface area contributed by atoms with Crippen molar-refractivity contribution in [2.75, 3.05) is 13.1 Å². The Morgan fingerprint density at radius 1 is 1.24 bits per heavy atom. The molecule has 1 saturated heterocycles. The molecule has 1 fully saturated rings. The number of nitrogens with zero attached hydrogens (tertiary/aromatic N) is 2. The van der Waals surface area contributed by atoms with Crippen LogP contribution in [0.2, 0.25) is 0 Å². The summed E-state index contributed by atoms with van der Waals surface area (Å²) >= 11 is 0. The van der Waals surface area contributed by atoms with Gasteiger partial charge in [0.25, 0.3) is 5.88 Å². The fraction of sp³-hybridized carbons (Fsp3) is 0.250. The van der Waals surface area contributed by atoms with E-state index in [0.717, 1.165) is 43.8 Å². The van der Waals surface area contributed by atoms with Crippen LogP contribution in [0.5, 0.6) is 17.4 Å². The van der Waals surface area contributed by atoms with E-state index >= 15 is 0 Å². The van der Waals surface area contributed by atoms with Gasteiger partial charge in [-0.1, -0.05) is 23.8 Å². The number of nitriles is 1. The lowest BCUT2D eigenvalue weighted by molar-refractivity contribution is -0.189. The standard InChI is InChI=1S/C20H16F3N3O3/c21-20(22,23)19(27)29-17-10-15(11-24)12-26-18(17)28-16-3-1-2-14(9-16)8-13-4-6-25-7-5-13/h1-3,8-10,12,25H,4-7H2. The first-order chi connectivity index (χ1) is 13.8. The summed E-state index contributed by atoms with van der Waals surface area (Å²) in [5, 5.41) is 12.2. The van der Waals surface area contributed by atoms with Crippen molar-refractivity contribution >= 4 is 12.0 Å². The SMILES string of the molecule is N#Cc1cnc(Oc2cccc(C=C3CCNCC3)c2)c(OC(=O)C(F)(F)F)c1. The quantitative estimate of drug-likeness (QED) is 0.778. The van der Waals surface area contributed by atoms with E-state index in [1.165, 1.54) is 5.57 Å². The van der Waals surface area contributed by atoms with E-state index in [2.05, 4.69) is 15.0 Å². The molecule has 9 heteroatoms. The van der Waals surface area contributed by atoms with Crippen LogP contribution in [0.4, 0.5) is 13.2 Å². The summed E-state index contributed by atoms with van der Waals surface area (Å²) in [5.41, 5.74) is 2.06. The second kappa shape index (κ2) is 8.75. The van der Waals surface area contributed by atoms with Gasteiger partial charge in [-0.05, 0) is 43.6 Å². The normalized spacial score (nSPS) is 14.1. The Kier molecular flexibility index (Phi) is 6.14. The molecular weight excluding hydrogens is 387 g/mol. The predicted octanol–water partition coefficient (Wildman–Crippen LogP) is 3.98. The van der Waals surface area contributed by atoms with Crippen molar-refractivity contribution in [3.63, 3.8) is 0 Å². The number of halogens is 3. The van der Waals surface area contributed by atoms with Gasteiger partial charge in [0.2, 0.25) is 0 Å². The number of hydrogen-bond acceptors (Lipinski definition) is 6. The largest absolute Gasteiger partial charge is 0.491 e. The maximum Gasteiger partial charge on any atom is 0.491 e. The van der Waals surface area contributed by atoms with Gasteiger partial charge in [-0.15, -0.1) is 0 Å². The molecule has 3 rings (SSSR count). The lowest BCUT2D eigenvalue weighted by atomic mass is 10.0. The van der Waals surface area contributed by atoms with Gasteiger partial charge in [0.1, 0.15) is 11.8 Å². The highest BCUT2D eigenvalue weighted by atomic mass is 19.4. The number of piperidine rings is 1. The van der Waals surface area contributed by atoms with Crippen LogP contribution >= 0.6 is 0 Å². The minimum Gasteiger partial charge on any atom is -0.436 e. The highest BCUT2D eigenvalue weighted by molar-refractivity contribution is 5.78. The van der Waals surface area contributed by atoms with Gasteiger partial charge in [-0.3, -0.25) is 0 Å². The highest BCUT2D eigenvalue weighted by Gasteiger charge is 2.42. The van der Waals surface area contributed by atoms with Gasteiger partial charge < -0.3 is 14.8 Å². The van der Waals surface area contributed by atoms with E-state index < -0.39 is 17.9 Å². The highest BCUT2D eigenvalue weighted by Crippen LogP contribution is 2.32. The molecule has 0 unspecified atom stereocenters. The summed E-state index contributed by atoms with van der Waals surface area (Å²) < 4.78 is 47.5. The number of carbonyl (C=O) groups excluding carboxylic acids is 1. The van der Waals surface area contributed by atoms with E-state index in [1.807, 2.05) is 12.1 Å². The number of pyridine rings is 1. The first kappa shape index (κ1) is 20.4. The number of hydrogen-bond donors (Lipinski definition) is 1. The third kappa shape index (κ3) is 5.56. The first-order valence-corrected chi connectivity index (χ1v) is 8.72. The zero-order valence-corrected chi connectivity index (χ0v) is 15.1. The number of ether oxygens (including phenoxy) is 2. The van der Waals surface area contributed by atoms with Crippen molar-refractivity contribution in [2.45, 2.75) is 19.0 Å². The third-order valence-electron chi connectivity index (χ3n) is 4.07. The van der Waals surface area contributed by atoms with Crippen LogP contribution in [0.15, 0.2) is 42.1 Å². The van der Waals surface area contributed by atoms with Crippen LogP contribution < -0.4 is 14.8 Å². The molecule has 2 heterocycles. The van der Waals surface area contributed by atoms with Crippen molar-refractivity contribution in [1.82, 2.24) is 10.3 Å². The Morgan fingerprint density at radius 2 is 2.00 bits per heavy atom. The number of alkyl halides is 3. The fourth-order valence-corrected chi connectivity index (χ4v) is 2.71. The molecule has 1 aliphatic rings. The molecule has 0 saturated carbocycles.